The molecule has 0 spiro atoms. The van der Waals surface area contributed by atoms with Gasteiger partial charge in [-0.1, -0.05) is 6.92 Å². The maximum Gasteiger partial charge on any atom is 0.328 e. The van der Waals surface area contributed by atoms with Crippen molar-refractivity contribution in [3.8, 4) is 0 Å². The molecule has 2 rings (SSSR count). The van der Waals surface area contributed by atoms with Crippen molar-refractivity contribution in [1.29, 1.82) is 0 Å². The van der Waals surface area contributed by atoms with Crippen molar-refractivity contribution in [2.75, 3.05) is 38.9 Å². The normalized spacial score (nSPS) is 12.8. The molecule has 2 amide bonds. The van der Waals surface area contributed by atoms with Crippen LogP contribution in [0, 0.1) is 16.3 Å². The van der Waals surface area contributed by atoms with Crippen LogP contribution < -0.4 is 21.7 Å². The predicted molar refractivity (Wildman–Crippen MR) is 179 cm³/mol. The molecule has 0 aliphatic rings. The molecular formula is C31H42FIN4O11. The number of benzene rings is 1. The molecule has 3 atom stereocenters. The average Bonchev–Trinajstić information content (AvgIpc) is 3.05. The summed E-state index contributed by atoms with van der Waals surface area (Å²) in [4.78, 5) is 67.1. The summed E-state index contributed by atoms with van der Waals surface area (Å²) in [5, 5.41) is 14.5. The van der Waals surface area contributed by atoms with Gasteiger partial charge in [0.2, 0.25) is 5.91 Å². The zero-order chi connectivity index (χ0) is 35.8. The van der Waals surface area contributed by atoms with Crippen LogP contribution in [0.2, 0.25) is 0 Å². The molecule has 0 aliphatic heterocycles. The third-order valence-corrected chi connectivity index (χ3v) is 7.45. The lowest BCUT2D eigenvalue weighted by atomic mass is 10.1. The minimum absolute atomic E-state index is 0.00508. The van der Waals surface area contributed by atoms with Crippen LogP contribution >= 0.6 is 22.6 Å². The number of nitrogens with one attached hydrogen (secondary N) is 3. The smallest absolute Gasteiger partial charge is 0.328 e. The number of pyridine rings is 1. The molecule has 1 aromatic carbocycles. The van der Waals surface area contributed by atoms with Crippen LogP contribution in [0.15, 0.2) is 29.1 Å². The second kappa shape index (κ2) is 20.7. The van der Waals surface area contributed by atoms with Gasteiger partial charge in [-0.05, 0) is 73.5 Å². The molecule has 0 saturated heterocycles. The fraction of sp³-hybridized carbons (Fsp3) is 0.516. The number of methoxy groups -OCH3 is 1. The Bertz CT molecular complexity index is 1470. The number of amides is 2. The van der Waals surface area contributed by atoms with Crippen LogP contribution in [-0.2, 0) is 45.2 Å². The van der Waals surface area contributed by atoms with Gasteiger partial charge in [0, 0.05) is 36.1 Å². The molecule has 48 heavy (non-hydrogen) atoms. The number of hydrogen-bond acceptors (Lipinski definition) is 12. The zero-order valence-electron chi connectivity index (χ0n) is 27.4. The lowest BCUT2D eigenvalue weighted by Crippen LogP contribution is -2.40. The molecule has 266 valence electrons. The molecule has 0 bridgehead atoms. The number of aromatic nitrogens is 1. The average molecular weight is 793 g/mol. The number of anilines is 2. The lowest BCUT2D eigenvalue weighted by molar-refractivity contribution is -0.194. The van der Waals surface area contributed by atoms with Crippen molar-refractivity contribution in [2.45, 2.75) is 64.9 Å². The van der Waals surface area contributed by atoms with E-state index in [9.17, 15) is 33.5 Å². The molecule has 0 radical (unpaired) electrons. The molecule has 15 nitrogen and oxygen atoms in total. The van der Waals surface area contributed by atoms with E-state index in [4.69, 9.17) is 23.8 Å². The minimum atomic E-state index is -0.999. The Balaban J connectivity index is 1.74. The first-order valence-corrected chi connectivity index (χ1v) is 16.1. The molecular weight excluding hydrogens is 750 g/mol. The van der Waals surface area contributed by atoms with Gasteiger partial charge in [-0.25, -0.2) is 14.7 Å². The van der Waals surface area contributed by atoms with Crippen molar-refractivity contribution in [2.24, 2.45) is 7.05 Å². The van der Waals surface area contributed by atoms with E-state index < -0.39 is 48.0 Å². The van der Waals surface area contributed by atoms with Gasteiger partial charge in [0.25, 0.3) is 11.5 Å². The minimum Gasteiger partial charge on any atom is -0.462 e. The highest BCUT2D eigenvalue weighted by Gasteiger charge is 2.21. The second-order valence-corrected chi connectivity index (χ2v) is 11.7. The zero-order valence-corrected chi connectivity index (χ0v) is 29.6. The summed E-state index contributed by atoms with van der Waals surface area (Å²) >= 11 is 1.96. The van der Waals surface area contributed by atoms with Gasteiger partial charge in [0.05, 0.1) is 24.0 Å². The van der Waals surface area contributed by atoms with Crippen molar-refractivity contribution in [1.82, 2.24) is 15.4 Å². The van der Waals surface area contributed by atoms with E-state index in [1.54, 1.807) is 6.07 Å². The Morgan fingerprint density at radius 1 is 1.10 bits per heavy atom. The lowest BCUT2D eigenvalue weighted by Gasteiger charge is -2.21. The van der Waals surface area contributed by atoms with Gasteiger partial charge in [-0.15, -0.1) is 0 Å². The molecule has 0 aliphatic carbocycles. The second-order valence-electron chi connectivity index (χ2n) is 10.5. The van der Waals surface area contributed by atoms with E-state index in [0.29, 0.717) is 9.99 Å². The summed E-state index contributed by atoms with van der Waals surface area (Å²) < 4.78 is 37.0. The number of carbonyl (C=O) groups is 4. The van der Waals surface area contributed by atoms with Gasteiger partial charge in [0.1, 0.15) is 37.5 Å². The van der Waals surface area contributed by atoms with Gasteiger partial charge in [0.15, 0.2) is 6.29 Å². The topological polar surface area (TPSA) is 193 Å². The van der Waals surface area contributed by atoms with E-state index in [2.05, 4.69) is 16.1 Å². The summed E-state index contributed by atoms with van der Waals surface area (Å²) in [5.74, 6) is -3.08. The Labute approximate surface area is 290 Å². The third-order valence-electron chi connectivity index (χ3n) is 6.78. The summed E-state index contributed by atoms with van der Waals surface area (Å²) in [7, 11) is 2.82. The number of aliphatic hydroxyl groups excluding tert-OH is 1. The first-order valence-electron chi connectivity index (χ1n) is 15.1. The molecule has 2 unspecified atom stereocenters. The Kier molecular flexibility index (Phi) is 17.4. The van der Waals surface area contributed by atoms with Crippen molar-refractivity contribution in [3.63, 3.8) is 0 Å². The fourth-order valence-corrected chi connectivity index (χ4v) is 4.51. The molecule has 1 aromatic heterocycles. The number of nitrogens with zero attached hydrogens (tertiary/aromatic N) is 1. The molecule has 17 heteroatoms. The largest absolute Gasteiger partial charge is 0.462 e. The highest BCUT2D eigenvalue weighted by Crippen LogP contribution is 2.24. The Morgan fingerprint density at radius 3 is 2.48 bits per heavy atom. The maximum atomic E-state index is 14.5. The molecule has 1 heterocycles. The predicted octanol–water partition coefficient (Wildman–Crippen LogP) is 2.36. The highest BCUT2D eigenvalue weighted by molar-refractivity contribution is 14.1. The van der Waals surface area contributed by atoms with Gasteiger partial charge >= 0.3 is 11.9 Å². The van der Waals surface area contributed by atoms with Gasteiger partial charge in [-0.2, -0.15) is 0 Å². The van der Waals surface area contributed by atoms with E-state index in [1.165, 1.54) is 50.8 Å². The first-order chi connectivity index (χ1) is 22.8. The van der Waals surface area contributed by atoms with Crippen molar-refractivity contribution in [3.05, 3.63) is 55.1 Å². The van der Waals surface area contributed by atoms with E-state index in [0.717, 1.165) is 0 Å². The van der Waals surface area contributed by atoms with Crippen LogP contribution in [0.1, 0.15) is 55.5 Å². The van der Waals surface area contributed by atoms with Crippen LogP contribution in [0.3, 0.4) is 0 Å². The van der Waals surface area contributed by atoms with Crippen LogP contribution in [-0.4, -0.2) is 85.4 Å². The summed E-state index contributed by atoms with van der Waals surface area (Å²) in [5.41, 5.74) is 2.15. The molecule has 4 N–H and O–H groups in total. The summed E-state index contributed by atoms with van der Waals surface area (Å²) in [6.45, 7) is 3.90. The fourth-order valence-electron chi connectivity index (χ4n) is 4.06. The quantitative estimate of drug-likeness (QED) is 0.0504. The van der Waals surface area contributed by atoms with Crippen molar-refractivity contribution >= 4 is 57.8 Å². The standard InChI is InChI=1S/C31H42FIN4O11/c1-6-21(16-38)48-27(44-5)17-46-26(40)9-7-8-25(39)34-19(3)31(43)45-12-13-47-36-29(41)22-14-18(2)30(42)37(4)28(22)35-24-11-10-20(33)15-23(24)32/h10-11,14-15,19,21,27,35,38H,6-9,12-13,16-17H2,1-5H3,(H,34,39)(H,36,41)/t19-,21?,27?/m0/s1. The number of aryl methyl sites for hydroxylation is 1. The monoisotopic (exact) mass is 792 g/mol. The molecule has 0 fully saturated rings. The molecule has 2 aromatic rings. The molecule has 0 saturated carbocycles. The number of hydroxylamine groups is 1. The third kappa shape index (κ3) is 13.1. The van der Waals surface area contributed by atoms with Crippen LogP contribution in [0.25, 0.3) is 0 Å². The first kappa shape index (κ1) is 40.5. The number of carbonyl (C=O) groups excluding carboxylic acids is 4. The van der Waals surface area contributed by atoms with E-state index in [1.807, 2.05) is 29.5 Å². The number of ether oxygens (including phenoxy) is 4. The number of aliphatic hydroxyl groups is 1. The highest BCUT2D eigenvalue weighted by atomic mass is 127. The van der Waals surface area contributed by atoms with Crippen molar-refractivity contribution < 1.29 is 52.5 Å². The number of rotatable bonds is 20. The van der Waals surface area contributed by atoms with Crippen LogP contribution in [0.5, 0.6) is 0 Å². The van der Waals surface area contributed by atoms with E-state index >= 15 is 0 Å². The summed E-state index contributed by atoms with van der Waals surface area (Å²) in [6.07, 6.45) is -0.667. The summed E-state index contributed by atoms with van der Waals surface area (Å²) in [6, 6.07) is 4.78. The number of hydrogen-bond donors (Lipinski definition) is 4. The van der Waals surface area contributed by atoms with Crippen LogP contribution in [0.4, 0.5) is 15.9 Å². The van der Waals surface area contributed by atoms with Gasteiger partial charge < -0.3 is 34.7 Å². The Hall–Kier alpha value is -3.65. The van der Waals surface area contributed by atoms with Gasteiger partial charge in [-0.3, -0.25) is 28.6 Å². The SMILES string of the molecule is CCC(CO)OC(COC(=O)CCCC(=O)N[C@@H](C)C(=O)OCCONC(=O)c1cc(C)c(=O)n(C)c1Nc1ccc(I)cc1F)OC. The number of halogens is 2. The Morgan fingerprint density at radius 2 is 1.83 bits per heavy atom. The number of esters is 2. The maximum absolute atomic E-state index is 14.5. The van der Waals surface area contributed by atoms with E-state index in [-0.39, 0.29) is 73.9 Å².